The Balaban J connectivity index is 5.56. The van der Waals surface area contributed by atoms with E-state index in [9.17, 15) is 0 Å². The second kappa shape index (κ2) is 20.7. The van der Waals surface area contributed by atoms with Gasteiger partial charge < -0.3 is 49.7 Å². The van der Waals surface area contributed by atoms with Crippen LogP contribution in [0.1, 0.15) is 130 Å². The van der Waals surface area contributed by atoms with E-state index < -0.39 is 0 Å². The van der Waals surface area contributed by atoms with Gasteiger partial charge in [0.15, 0.2) is 0 Å². The molecule has 0 saturated carbocycles. The summed E-state index contributed by atoms with van der Waals surface area (Å²) in [5.74, 6) is 0. The highest BCUT2D eigenvalue weighted by Gasteiger charge is 2.39. The molecule has 0 aliphatic rings. The first kappa shape index (κ1) is 33.5. The first-order valence-electron chi connectivity index (χ1n) is 14.0. The smallest absolute Gasteiger partial charge is 0.214 e. The lowest BCUT2D eigenvalue weighted by Crippen LogP contribution is -2.66. The van der Waals surface area contributed by atoms with Crippen LogP contribution in [-0.2, 0) is 25.3 Å². The van der Waals surface area contributed by atoms with E-state index >= 15 is 0 Å². The van der Waals surface area contributed by atoms with Crippen molar-refractivity contribution >= 4 is 58.3 Å². The molecule has 0 heterocycles. The van der Waals surface area contributed by atoms with Crippen LogP contribution >= 0.6 is 24.4 Å². The van der Waals surface area contributed by atoms with Crippen LogP contribution in [0.15, 0.2) is 0 Å². The largest absolute Gasteiger partial charge is 0.369 e. The molecule has 2 atom stereocenters. The normalized spacial score (nSPS) is 15.2. The fourth-order valence-electron chi connectivity index (χ4n) is 4.82. The van der Waals surface area contributed by atoms with Gasteiger partial charge in [0, 0.05) is 8.64 Å². The minimum atomic E-state index is 0.727. The Labute approximate surface area is 229 Å². The Morgan fingerprint density at radius 2 is 0.727 bits per heavy atom. The lowest BCUT2D eigenvalue weighted by Gasteiger charge is -2.50. The van der Waals surface area contributed by atoms with E-state index in [1.807, 2.05) is 0 Å². The predicted molar refractivity (Wildman–Crippen MR) is 161 cm³/mol. The van der Waals surface area contributed by atoms with Gasteiger partial charge in [-0.15, -0.1) is 0 Å². The van der Waals surface area contributed by atoms with E-state index in [0.717, 1.165) is 63.3 Å². The monoisotopic (exact) mass is 534 g/mol. The lowest BCUT2D eigenvalue weighted by molar-refractivity contribution is -1.02. The number of hydrogen-bond donors (Lipinski definition) is 0. The standard InChI is InChI=1S/C27H54N2S4/c1-5-9-13-15-17-19-23-28(26(30)31,21-11-7-3)25-29(27(32)33,22-12-8-4)24-20-18-16-14-10-6-2/h5-25H2,1-4H3. The maximum absolute atomic E-state index is 5.81. The molecule has 0 aromatic carbocycles. The second-order valence-corrected chi connectivity index (χ2v) is 12.2. The fraction of sp³-hybridized carbons (Fsp3) is 0.926. The molecule has 0 aromatic heterocycles. The van der Waals surface area contributed by atoms with Crippen LogP contribution in [0.2, 0.25) is 0 Å². The van der Waals surface area contributed by atoms with E-state index in [0.29, 0.717) is 0 Å². The van der Waals surface area contributed by atoms with Gasteiger partial charge in [0.05, 0.1) is 26.2 Å². The van der Waals surface area contributed by atoms with Crippen LogP contribution < -0.4 is 0 Å². The minimum Gasteiger partial charge on any atom is -0.369 e. The number of rotatable bonds is 22. The Hall–Kier alpha value is 0.540. The summed E-state index contributed by atoms with van der Waals surface area (Å²) in [5, 5.41) is 0. The molecular formula is C27H54N2S4. The van der Waals surface area contributed by atoms with Crippen LogP contribution in [0.5, 0.6) is 0 Å². The van der Waals surface area contributed by atoms with Crippen LogP contribution in [0.25, 0.3) is 0 Å². The molecule has 0 saturated heterocycles. The molecule has 0 rings (SSSR count). The highest BCUT2D eigenvalue weighted by atomic mass is 32.1. The average Bonchev–Trinajstić information content (AvgIpc) is 2.79. The molecule has 0 aromatic rings. The molecule has 2 nitrogen and oxygen atoms in total. The van der Waals surface area contributed by atoms with Crippen molar-refractivity contribution in [3.8, 4) is 0 Å². The van der Waals surface area contributed by atoms with Gasteiger partial charge in [0.25, 0.3) is 0 Å². The maximum Gasteiger partial charge on any atom is 0.214 e. The van der Waals surface area contributed by atoms with Crippen molar-refractivity contribution in [3.63, 3.8) is 0 Å². The van der Waals surface area contributed by atoms with Gasteiger partial charge in [-0.2, -0.15) is 0 Å². The predicted octanol–water partition coefficient (Wildman–Crippen LogP) is 8.56. The topological polar surface area (TPSA) is 0 Å². The zero-order chi connectivity index (χ0) is 25.0. The zero-order valence-electron chi connectivity index (χ0n) is 22.4. The Bertz CT molecular complexity index is 470. The third-order valence-electron chi connectivity index (χ3n) is 7.07. The first-order valence-corrected chi connectivity index (χ1v) is 15.6. The second-order valence-electron chi connectivity index (χ2n) is 10.1. The van der Waals surface area contributed by atoms with E-state index in [1.165, 1.54) is 89.9 Å². The van der Waals surface area contributed by atoms with Crippen molar-refractivity contribution in [1.29, 1.82) is 0 Å². The third-order valence-corrected chi connectivity index (χ3v) is 8.62. The Morgan fingerprint density at radius 1 is 0.455 bits per heavy atom. The van der Waals surface area contributed by atoms with Crippen molar-refractivity contribution in [2.45, 2.75) is 130 Å². The molecule has 2 unspecified atom stereocenters. The number of nitrogens with zero attached hydrogens (tertiary/aromatic N) is 2. The highest BCUT2D eigenvalue weighted by molar-refractivity contribution is 8.00. The number of hydrogen-bond acceptors (Lipinski definition) is 4. The Kier molecular flexibility index (Phi) is 21.0. The minimum absolute atomic E-state index is 0.727. The van der Waals surface area contributed by atoms with Gasteiger partial charge >= 0.3 is 0 Å². The number of quaternary nitrogens is 2. The molecular weight excluding hydrogens is 481 g/mol. The third kappa shape index (κ3) is 14.0. The molecule has 0 aliphatic carbocycles. The van der Waals surface area contributed by atoms with Crippen molar-refractivity contribution < 1.29 is 8.97 Å². The van der Waals surface area contributed by atoms with Gasteiger partial charge in [0.1, 0.15) is 0 Å². The van der Waals surface area contributed by atoms with E-state index in [4.69, 9.17) is 49.7 Å². The van der Waals surface area contributed by atoms with Crippen LogP contribution in [0, 0.1) is 0 Å². The summed E-state index contributed by atoms with van der Waals surface area (Å²) in [5.41, 5.74) is 0. The van der Waals surface area contributed by atoms with Crippen LogP contribution in [0.3, 0.4) is 0 Å². The average molecular weight is 535 g/mol. The molecule has 0 bridgehead atoms. The van der Waals surface area contributed by atoms with Crippen molar-refractivity contribution in [2.24, 2.45) is 0 Å². The fourth-order valence-corrected chi connectivity index (χ4v) is 5.78. The molecule has 6 heteroatoms. The number of unbranched alkanes of at least 4 members (excludes halogenated alkanes) is 12. The van der Waals surface area contributed by atoms with Gasteiger partial charge in [-0.05, 0) is 38.5 Å². The van der Waals surface area contributed by atoms with Crippen LogP contribution in [0.4, 0.5) is 0 Å². The van der Waals surface area contributed by atoms with Crippen molar-refractivity contribution in [2.75, 3.05) is 32.8 Å². The highest BCUT2D eigenvalue weighted by Crippen LogP contribution is 2.25. The summed E-state index contributed by atoms with van der Waals surface area (Å²) >= 11 is 23.2. The van der Waals surface area contributed by atoms with Gasteiger partial charge in [-0.3, -0.25) is 8.97 Å². The summed E-state index contributed by atoms with van der Waals surface area (Å²) < 4.78 is 2.96. The maximum atomic E-state index is 5.81. The molecule has 0 aliphatic heterocycles. The van der Waals surface area contributed by atoms with Crippen molar-refractivity contribution in [3.05, 3.63) is 0 Å². The summed E-state index contributed by atoms with van der Waals surface area (Å²) in [6.07, 6.45) is 20.2. The molecule has 0 fully saturated rings. The van der Waals surface area contributed by atoms with E-state index in [1.54, 1.807) is 0 Å². The van der Waals surface area contributed by atoms with E-state index in [2.05, 4.69) is 27.7 Å². The zero-order valence-corrected chi connectivity index (χ0v) is 25.6. The van der Waals surface area contributed by atoms with Gasteiger partial charge in [0.2, 0.25) is 6.67 Å². The molecule has 33 heavy (non-hydrogen) atoms. The molecule has 0 spiro atoms. The SMILES string of the molecule is CCCCCCCC[N+](CCCC)(C[N+](CCCC)(CCCCCCCC)C(=S)[S-])C(=S)[S-]. The summed E-state index contributed by atoms with van der Waals surface area (Å²) in [7, 11) is 0. The first-order chi connectivity index (χ1) is 15.8. The molecule has 0 amide bonds. The molecule has 0 N–H and O–H groups in total. The molecule has 0 radical (unpaired) electrons. The lowest BCUT2D eigenvalue weighted by atomic mass is 10.1. The van der Waals surface area contributed by atoms with Gasteiger partial charge in [-0.1, -0.05) is 91.9 Å². The van der Waals surface area contributed by atoms with Crippen molar-refractivity contribution in [1.82, 2.24) is 0 Å². The summed E-state index contributed by atoms with van der Waals surface area (Å²) in [6.45, 7) is 14.1. The number of thiocarbonyl (C=S) groups is 2. The van der Waals surface area contributed by atoms with E-state index in [-0.39, 0.29) is 0 Å². The summed E-state index contributed by atoms with van der Waals surface area (Å²) in [4.78, 5) is 0. The quantitative estimate of drug-likeness (QED) is 0.0448. The van der Waals surface area contributed by atoms with Crippen LogP contribution in [-0.4, -0.2) is 50.5 Å². The molecule has 196 valence electrons. The van der Waals surface area contributed by atoms with Gasteiger partial charge in [-0.25, -0.2) is 0 Å². The Morgan fingerprint density at radius 3 is 1.03 bits per heavy atom. The summed E-state index contributed by atoms with van der Waals surface area (Å²) in [6, 6.07) is 0.